The minimum atomic E-state index is 0.840. The van der Waals surface area contributed by atoms with Gasteiger partial charge in [-0.15, -0.1) is 11.6 Å². The van der Waals surface area contributed by atoms with Crippen LogP contribution in [0.2, 0.25) is 0 Å². The van der Waals surface area contributed by atoms with E-state index >= 15 is 0 Å². The molecule has 0 heterocycles. The minimum Gasteiger partial charge on any atom is -0.179 e. The number of halogens is 1. The van der Waals surface area contributed by atoms with E-state index < -0.39 is 0 Å². The zero-order valence-electron chi connectivity index (χ0n) is 11.4. The first-order valence-electron chi connectivity index (χ1n) is 7.58. The molecule has 0 aromatic carbocycles. The van der Waals surface area contributed by atoms with Crippen LogP contribution in [0.4, 0.5) is 0 Å². The highest BCUT2D eigenvalue weighted by Crippen LogP contribution is 2.12. The van der Waals surface area contributed by atoms with Gasteiger partial charge in [-0.3, -0.25) is 0 Å². The van der Waals surface area contributed by atoms with Crippen molar-refractivity contribution >= 4 is 24.2 Å². The number of thiol groups is 1. The van der Waals surface area contributed by atoms with Crippen LogP contribution in [0.5, 0.6) is 0 Å². The predicted molar refractivity (Wildman–Crippen MR) is 84.6 cm³/mol. The lowest BCUT2D eigenvalue weighted by atomic mass is 10.0. The summed E-state index contributed by atoms with van der Waals surface area (Å²) in [7, 11) is 0. The SMILES string of the molecule is SCCCCCCCCCCCCCCCCl. The lowest BCUT2D eigenvalue weighted by molar-refractivity contribution is 0.543. The fraction of sp³-hybridized carbons (Fsp3) is 1.00. The van der Waals surface area contributed by atoms with E-state index in [1.807, 2.05) is 0 Å². The van der Waals surface area contributed by atoms with Gasteiger partial charge < -0.3 is 0 Å². The minimum absolute atomic E-state index is 0.840. The Morgan fingerprint density at radius 3 is 1.06 bits per heavy atom. The van der Waals surface area contributed by atoms with E-state index in [-0.39, 0.29) is 0 Å². The summed E-state index contributed by atoms with van der Waals surface area (Å²) in [5.74, 6) is 1.90. The van der Waals surface area contributed by atoms with Crippen molar-refractivity contribution < 1.29 is 0 Å². The Labute approximate surface area is 119 Å². The monoisotopic (exact) mass is 278 g/mol. The highest BCUT2D eigenvalue weighted by Gasteiger charge is 1.93. The van der Waals surface area contributed by atoms with Crippen LogP contribution in [0.3, 0.4) is 0 Å². The Kier molecular flexibility index (Phi) is 17.3. The summed E-state index contributed by atoms with van der Waals surface area (Å²) < 4.78 is 0. The highest BCUT2D eigenvalue weighted by molar-refractivity contribution is 7.80. The van der Waals surface area contributed by atoms with Crippen molar-refractivity contribution in [2.45, 2.75) is 83.5 Å². The fourth-order valence-corrected chi connectivity index (χ4v) is 2.56. The largest absolute Gasteiger partial charge is 0.179 e. The maximum Gasteiger partial charge on any atom is 0.0223 e. The second kappa shape index (κ2) is 16.6. The van der Waals surface area contributed by atoms with Crippen LogP contribution in [-0.4, -0.2) is 11.6 Å². The first-order chi connectivity index (χ1) is 8.41. The number of hydrogen-bond acceptors (Lipinski definition) is 1. The Bertz CT molecular complexity index is 114. The summed E-state index contributed by atoms with van der Waals surface area (Å²) in [6.07, 6.45) is 18.1. The first-order valence-corrected chi connectivity index (χ1v) is 8.75. The van der Waals surface area contributed by atoms with Gasteiger partial charge in [0.15, 0.2) is 0 Å². The standard InChI is InChI=1S/C15H31ClS/c16-14-12-10-8-6-4-2-1-3-5-7-9-11-13-15-17/h17H,1-15H2. The summed E-state index contributed by atoms with van der Waals surface area (Å²) in [6, 6.07) is 0. The molecule has 0 aromatic heterocycles. The number of rotatable bonds is 14. The van der Waals surface area contributed by atoms with Crippen molar-refractivity contribution in [3.05, 3.63) is 0 Å². The third kappa shape index (κ3) is 16.6. The fourth-order valence-electron chi connectivity index (χ4n) is 2.15. The molecule has 0 radical (unpaired) electrons. The Balaban J connectivity index is 2.85. The van der Waals surface area contributed by atoms with Gasteiger partial charge in [0.1, 0.15) is 0 Å². The normalized spacial score (nSPS) is 10.9. The Morgan fingerprint density at radius 1 is 0.471 bits per heavy atom. The second-order valence-electron chi connectivity index (χ2n) is 5.01. The van der Waals surface area contributed by atoms with E-state index in [0.29, 0.717) is 0 Å². The van der Waals surface area contributed by atoms with Crippen LogP contribution in [0.1, 0.15) is 83.5 Å². The van der Waals surface area contributed by atoms with Gasteiger partial charge in [-0.2, -0.15) is 12.6 Å². The Morgan fingerprint density at radius 2 is 0.765 bits per heavy atom. The molecule has 0 unspecified atom stereocenters. The molecule has 0 bridgehead atoms. The molecule has 0 aliphatic heterocycles. The number of unbranched alkanes of at least 4 members (excludes halogenated alkanes) is 12. The van der Waals surface area contributed by atoms with E-state index in [1.165, 1.54) is 83.5 Å². The van der Waals surface area contributed by atoms with Crippen molar-refractivity contribution in [2.75, 3.05) is 11.6 Å². The summed E-state index contributed by atoms with van der Waals surface area (Å²) in [6.45, 7) is 0. The van der Waals surface area contributed by atoms with Crippen LogP contribution in [0, 0.1) is 0 Å². The molecule has 0 aromatic rings. The van der Waals surface area contributed by atoms with Crippen molar-refractivity contribution in [3.63, 3.8) is 0 Å². The summed E-state index contributed by atoms with van der Waals surface area (Å²) in [4.78, 5) is 0. The molecule has 0 saturated carbocycles. The molecule has 0 nitrogen and oxygen atoms in total. The molecule has 104 valence electrons. The van der Waals surface area contributed by atoms with Crippen LogP contribution in [-0.2, 0) is 0 Å². The molecule has 17 heavy (non-hydrogen) atoms. The first kappa shape index (κ1) is 17.6. The molecule has 0 amide bonds. The van der Waals surface area contributed by atoms with Crippen LogP contribution in [0.15, 0.2) is 0 Å². The van der Waals surface area contributed by atoms with Gasteiger partial charge in [0, 0.05) is 5.88 Å². The van der Waals surface area contributed by atoms with Gasteiger partial charge in [-0.1, -0.05) is 70.6 Å². The molecular formula is C15H31ClS. The lowest BCUT2D eigenvalue weighted by Gasteiger charge is -2.02. The number of alkyl halides is 1. The zero-order valence-corrected chi connectivity index (χ0v) is 13.1. The third-order valence-electron chi connectivity index (χ3n) is 3.29. The van der Waals surface area contributed by atoms with Gasteiger partial charge in [-0.05, 0) is 18.6 Å². The molecule has 0 N–H and O–H groups in total. The van der Waals surface area contributed by atoms with Crippen LogP contribution < -0.4 is 0 Å². The molecule has 0 rings (SSSR count). The summed E-state index contributed by atoms with van der Waals surface area (Å²) in [5, 5.41) is 0. The third-order valence-corrected chi connectivity index (χ3v) is 3.88. The van der Waals surface area contributed by atoms with E-state index in [9.17, 15) is 0 Å². The molecule has 0 saturated heterocycles. The predicted octanol–water partition coefficient (Wildman–Crippen LogP) is 6.23. The smallest absolute Gasteiger partial charge is 0.0223 e. The molecule has 0 fully saturated rings. The van der Waals surface area contributed by atoms with Gasteiger partial charge in [0.2, 0.25) is 0 Å². The molecule has 0 spiro atoms. The summed E-state index contributed by atoms with van der Waals surface area (Å²) in [5.41, 5.74) is 0. The molecule has 2 heteroatoms. The Hall–Kier alpha value is 0.640. The molecule has 0 atom stereocenters. The maximum absolute atomic E-state index is 5.64. The van der Waals surface area contributed by atoms with Gasteiger partial charge in [0.25, 0.3) is 0 Å². The van der Waals surface area contributed by atoms with Crippen molar-refractivity contribution in [1.29, 1.82) is 0 Å². The van der Waals surface area contributed by atoms with E-state index in [2.05, 4.69) is 12.6 Å². The van der Waals surface area contributed by atoms with Crippen molar-refractivity contribution in [1.82, 2.24) is 0 Å². The van der Waals surface area contributed by atoms with Crippen molar-refractivity contribution in [3.8, 4) is 0 Å². The quantitative estimate of drug-likeness (QED) is 0.217. The topological polar surface area (TPSA) is 0 Å². The van der Waals surface area contributed by atoms with Crippen LogP contribution >= 0.6 is 24.2 Å². The summed E-state index contributed by atoms with van der Waals surface area (Å²) >= 11 is 9.87. The molecule has 0 aliphatic carbocycles. The highest BCUT2D eigenvalue weighted by atomic mass is 35.5. The lowest BCUT2D eigenvalue weighted by Crippen LogP contribution is -1.83. The van der Waals surface area contributed by atoms with Crippen LogP contribution in [0.25, 0.3) is 0 Å². The van der Waals surface area contributed by atoms with E-state index in [4.69, 9.17) is 11.6 Å². The van der Waals surface area contributed by atoms with Crippen molar-refractivity contribution in [2.24, 2.45) is 0 Å². The van der Waals surface area contributed by atoms with E-state index in [0.717, 1.165) is 11.6 Å². The zero-order chi connectivity index (χ0) is 12.6. The number of hydrogen-bond donors (Lipinski definition) is 1. The van der Waals surface area contributed by atoms with Gasteiger partial charge in [0.05, 0.1) is 0 Å². The van der Waals surface area contributed by atoms with E-state index in [1.54, 1.807) is 0 Å². The van der Waals surface area contributed by atoms with Gasteiger partial charge >= 0.3 is 0 Å². The molecular weight excluding hydrogens is 248 g/mol. The molecule has 0 aliphatic rings. The average molecular weight is 279 g/mol. The average Bonchev–Trinajstić information content (AvgIpc) is 2.35. The second-order valence-corrected chi connectivity index (χ2v) is 5.83. The maximum atomic E-state index is 5.64. The van der Waals surface area contributed by atoms with Gasteiger partial charge in [-0.25, -0.2) is 0 Å².